The molecule has 0 spiro atoms. The third kappa shape index (κ3) is 3.70. The van der Waals surface area contributed by atoms with Crippen molar-refractivity contribution in [1.82, 2.24) is 10.6 Å². The molecular weight excluding hydrogens is 324 g/mol. The van der Waals surface area contributed by atoms with E-state index in [1.54, 1.807) is 0 Å². The van der Waals surface area contributed by atoms with Crippen LogP contribution in [0.1, 0.15) is 70.6 Å². The maximum absolute atomic E-state index is 12.4. The first kappa shape index (κ1) is 17.0. The molecule has 24 heavy (non-hydrogen) atoms. The van der Waals surface area contributed by atoms with E-state index in [-0.39, 0.29) is 17.5 Å². The molecule has 0 aromatic carbocycles. The molecule has 0 radical (unpaired) electrons. The second-order valence-electron chi connectivity index (χ2n) is 8.41. The number of hydrogen-bond donors (Lipinski definition) is 2. The Hall–Kier alpha value is -0.480. The monoisotopic (exact) mass is 354 g/mol. The van der Waals surface area contributed by atoms with Crippen LogP contribution in [-0.2, 0) is 4.74 Å². The third-order valence-corrected chi connectivity index (χ3v) is 7.16. The molecule has 136 valence electrons. The second kappa shape index (κ2) is 7.41. The number of alkyl halides is 1. The summed E-state index contributed by atoms with van der Waals surface area (Å²) >= 11 is 6.23. The Labute approximate surface area is 150 Å². The minimum absolute atomic E-state index is 0.00771. The number of hydrogen-bond acceptors (Lipinski definition) is 2. The Balaban J connectivity index is 1.27. The normalized spacial score (nSPS) is 45.1. The van der Waals surface area contributed by atoms with E-state index in [0.29, 0.717) is 24.2 Å². The van der Waals surface area contributed by atoms with Gasteiger partial charge in [-0.3, -0.25) is 0 Å². The minimum Gasteiger partial charge on any atom is -0.374 e. The zero-order chi connectivity index (χ0) is 16.5. The van der Waals surface area contributed by atoms with Crippen molar-refractivity contribution in [1.29, 1.82) is 0 Å². The fourth-order valence-corrected chi connectivity index (χ4v) is 5.98. The van der Waals surface area contributed by atoms with Crippen molar-refractivity contribution in [2.24, 2.45) is 11.8 Å². The van der Waals surface area contributed by atoms with E-state index < -0.39 is 0 Å². The highest BCUT2D eigenvalue weighted by atomic mass is 35.5. The molecule has 1 saturated heterocycles. The van der Waals surface area contributed by atoms with Gasteiger partial charge in [0.2, 0.25) is 0 Å². The first-order valence-electron chi connectivity index (χ1n) is 10.1. The van der Waals surface area contributed by atoms with E-state index in [2.05, 4.69) is 10.6 Å². The van der Waals surface area contributed by atoms with Gasteiger partial charge in [-0.2, -0.15) is 0 Å². The van der Waals surface area contributed by atoms with E-state index in [4.69, 9.17) is 16.3 Å². The molecule has 3 saturated carbocycles. The Kier molecular flexibility index (Phi) is 5.24. The fraction of sp³-hybridized carbons (Fsp3) is 0.947. The predicted octanol–water partition coefficient (Wildman–Crippen LogP) is 3.96. The summed E-state index contributed by atoms with van der Waals surface area (Å²) < 4.78 is 6.31. The molecule has 0 aromatic heterocycles. The Morgan fingerprint density at radius 3 is 2.38 bits per heavy atom. The highest BCUT2D eigenvalue weighted by molar-refractivity contribution is 6.20. The van der Waals surface area contributed by atoms with Crippen LogP contribution >= 0.6 is 11.6 Å². The molecule has 7 unspecified atom stereocenters. The van der Waals surface area contributed by atoms with Crippen molar-refractivity contribution in [3.63, 3.8) is 0 Å². The Morgan fingerprint density at radius 2 is 1.54 bits per heavy atom. The van der Waals surface area contributed by atoms with Gasteiger partial charge in [0.25, 0.3) is 0 Å². The number of carbonyl (C=O) groups is 1. The lowest BCUT2D eigenvalue weighted by Gasteiger charge is -2.35. The molecule has 2 N–H and O–H groups in total. The number of halogens is 1. The highest BCUT2D eigenvalue weighted by Gasteiger charge is 2.47. The van der Waals surface area contributed by atoms with Gasteiger partial charge in [0.15, 0.2) is 0 Å². The van der Waals surface area contributed by atoms with Crippen LogP contribution in [0, 0.1) is 11.8 Å². The van der Waals surface area contributed by atoms with Crippen molar-refractivity contribution in [3.8, 4) is 0 Å². The van der Waals surface area contributed by atoms with Crippen molar-refractivity contribution in [2.45, 2.75) is 100 Å². The Morgan fingerprint density at radius 1 is 0.792 bits per heavy atom. The molecule has 7 atom stereocenters. The maximum Gasteiger partial charge on any atom is 0.315 e. The lowest BCUT2D eigenvalue weighted by atomic mass is 9.72. The molecule has 0 bridgehead atoms. The van der Waals surface area contributed by atoms with Gasteiger partial charge < -0.3 is 15.4 Å². The number of fused-ring (bicyclic) bond motifs is 3. The van der Waals surface area contributed by atoms with Crippen LogP contribution in [0.3, 0.4) is 0 Å². The number of ether oxygens (including phenoxy) is 1. The van der Waals surface area contributed by atoms with Gasteiger partial charge in [-0.1, -0.05) is 12.8 Å². The summed E-state index contributed by atoms with van der Waals surface area (Å²) in [5.74, 6) is 1.41. The molecule has 4 fully saturated rings. The zero-order valence-electron chi connectivity index (χ0n) is 14.5. The van der Waals surface area contributed by atoms with Crippen molar-refractivity contribution in [3.05, 3.63) is 0 Å². The number of nitrogens with one attached hydrogen (secondary N) is 2. The van der Waals surface area contributed by atoms with Gasteiger partial charge in [-0.25, -0.2) is 4.79 Å². The summed E-state index contributed by atoms with van der Waals surface area (Å²) in [7, 11) is 0. The van der Waals surface area contributed by atoms with Crippen LogP contribution in [0.2, 0.25) is 0 Å². The molecule has 5 heteroatoms. The smallest absolute Gasteiger partial charge is 0.315 e. The van der Waals surface area contributed by atoms with E-state index in [1.807, 2.05) is 0 Å². The van der Waals surface area contributed by atoms with Gasteiger partial charge in [0.05, 0.1) is 12.2 Å². The highest BCUT2D eigenvalue weighted by Crippen LogP contribution is 2.47. The lowest BCUT2D eigenvalue weighted by Crippen LogP contribution is -2.50. The molecule has 2 amide bonds. The van der Waals surface area contributed by atoms with Crippen LogP contribution in [0.15, 0.2) is 0 Å². The molecular formula is C19H31ClN2O2. The summed E-state index contributed by atoms with van der Waals surface area (Å²) in [6.45, 7) is 0. The average molecular weight is 355 g/mol. The van der Waals surface area contributed by atoms with E-state index >= 15 is 0 Å². The molecule has 1 aliphatic heterocycles. The predicted molar refractivity (Wildman–Crippen MR) is 95.3 cm³/mol. The first-order valence-corrected chi connectivity index (χ1v) is 10.5. The minimum atomic E-state index is 0.00771. The quantitative estimate of drug-likeness (QED) is 0.737. The Bertz CT molecular complexity index is 461. The van der Waals surface area contributed by atoms with Crippen LogP contribution in [0.25, 0.3) is 0 Å². The van der Waals surface area contributed by atoms with Crippen LogP contribution in [-0.4, -0.2) is 35.7 Å². The van der Waals surface area contributed by atoms with Gasteiger partial charge >= 0.3 is 6.03 Å². The van der Waals surface area contributed by atoms with E-state index in [0.717, 1.165) is 50.9 Å². The first-order chi connectivity index (χ1) is 11.7. The largest absolute Gasteiger partial charge is 0.374 e. The molecule has 1 heterocycles. The SMILES string of the molecule is O=C(NC1CCCC(Cl)C1)NC1CCC2OC3CCCCC3C2C1. The van der Waals surface area contributed by atoms with E-state index in [9.17, 15) is 4.79 Å². The zero-order valence-corrected chi connectivity index (χ0v) is 15.3. The molecule has 4 nitrogen and oxygen atoms in total. The van der Waals surface area contributed by atoms with Gasteiger partial charge in [-0.15, -0.1) is 11.6 Å². The maximum atomic E-state index is 12.4. The number of rotatable bonds is 2. The van der Waals surface area contributed by atoms with E-state index in [1.165, 1.54) is 25.7 Å². The third-order valence-electron chi connectivity index (χ3n) is 6.77. The van der Waals surface area contributed by atoms with Crippen molar-refractivity contribution in [2.75, 3.05) is 0 Å². The molecule has 4 rings (SSSR count). The number of carbonyl (C=O) groups excluding carboxylic acids is 1. The topological polar surface area (TPSA) is 50.4 Å². The van der Waals surface area contributed by atoms with Crippen molar-refractivity contribution < 1.29 is 9.53 Å². The average Bonchev–Trinajstić information content (AvgIpc) is 2.93. The number of urea groups is 1. The van der Waals surface area contributed by atoms with Gasteiger partial charge in [0.1, 0.15) is 0 Å². The summed E-state index contributed by atoms with van der Waals surface area (Å²) in [5.41, 5.74) is 0. The summed E-state index contributed by atoms with van der Waals surface area (Å²) in [6.07, 6.45) is 13.6. The van der Waals surface area contributed by atoms with Crippen LogP contribution in [0.4, 0.5) is 4.79 Å². The number of amides is 2. The second-order valence-corrected chi connectivity index (χ2v) is 9.03. The van der Waals surface area contributed by atoms with Crippen LogP contribution in [0.5, 0.6) is 0 Å². The summed E-state index contributed by atoms with van der Waals surface area (Å²) in [5, 5.41) is 6.61. The summed E-state index contributed by atoms with van der Waals surface area (Å²) in [6, 6.07) is 0.564. The summed E-state index contributed by atoms with van der Waals surface area (Å²) in [4.78, 5) is 12.4. The fourth-order valence-electron chi connectivity index (χ4n) is 5.61. The lowest BCUT2D eigenvalue weighted by molar-refractivity contribution is 0.00350. The van der Waals surface area contributed by atoms with Crippen LogP contribution < -0.4 is 10.6 Å². The molecule has 3 aliphatic carbocycles. The molecule has 4 aliphatic rings. The van der Waals surface area contributed by atoms with Gasteiger partial charge in [-0.05, 0) is 69.6 Å². The van der Waals surface area contributed by atoms with Crippen molar-refractivity contribution >= 4 is 17.6 Å². The molecule has 0 aromatic rings. The standard InChI is InChI=1S/C19H31ClN2O2/c20-12-4-3-5-13(10-12)21-19(23)22-14-8-9-18-16(11-14)15-6-1-2-7-17(15)24-18/h12-18H,1-11H2,(H2,21,22,23). The van der Waals surface area contributed by atoms with Gasteiger partial charge in [0, 0.05) is 17.5 Å².